The predicted molar refractivity (Wildman–Crippen MR) is 114 cm³/mol. The predicted octanol–water partition coefficient (Wildman–Crippen LogP) is 3.05. The van der Waals surface area contributed by atoms with Gasteiger partial charge in [-0.15, -0.1) is 0 Å². The van der Waals surface area contributed by atoms with Crippen LogP contribution in [0.15, 0.2) is 59.4 Å². The van der Waals surface area contributed by atoms with Crippen LogP contribution in [0, 0.1) is 0 Å². The molecule has 3 rings (SSSR count). The van der Waals surface area contributed by atoms with Gasteiger partial charge in [-0.1, -0.05) is 42.5 Å². The van der Waals surface area contributed by atoms with Crippen molar-refractivity contribution < 1.29 is 14.6 Å². The summed E-state index contributed by atoms with van der Waals surface area (Å²) < 4.78 is 8.63. The van der Waals surface area contributed by atoms with Crippen molar-refractivity contribution in [1.29, 1.82) is 0 Å². The molecule has 0 amide bonds. The number of hydrogen-bond acceptors (Lipinski definition) is 4. The zero-order valence-corrected chi connectivity index (χ0v) is 17.5. The fraction of sp³-hybridized carbons (Fsp3) is 0.348. The van der Waals surface area contributed by atoms with Crippen molar-refractivity contribution in [1.82, 2.24) is 14.3 Å². The van der Waals surface area contributed by atoms with E-state index >= 15 is 0 Å². The molecule has 7 heteroatoms. The first kappa shape index (κ1) is 21.4. The van der Waals surface area contributed by atoms with Gasteiger partial charge in [0.15, 0.2) is 5.60 Å². The Morgan fingerprint density at radius 3 is 2.33 bits per heavy atom. The first-order chi connectivity index (χ1) is 14.3. The summed E-state index contributed by atoms with van der Waals surface area (Å²) in [6.07, 6.45) is 2.36. The van der Waals surface area contributed by atoms with Gasteiger partial charge in [-0.25, -0.2) is 14.3 Å². The van der Waals surface area contributed by atoms with E-state index in [9.17, 15) is 9.59 Å². The Labute approximate surface area is 175 Å². The first-order valence-electron chi connectivity index (χ1n) is 9.94. The quantitative estimate of drug-likeness (QED) is 0.587. The van der Waals surface area contributed by atoms with Gasteiger partial charge in [0, 0.05) is 13.5 Å². The van der Waals surface area contributed by atoms with E-state index in [4.69, 9.17) is 9.84 Å². The van der Waals surface area contributed by atoms with Gasteiger partial charge in [0.05, 0.1) is 6.54 Å². The molecule has 0 aliphatic heterocycles. The molecule has 0 saturated carbocycles. The molecule has 158 valence electrons. The number of carbonyl (C=O) groups is 1. The number of aryl methyl sites for hydroxylation is 2. The SMILES string of the molecule is Cn1c(CCCc2ccc(OC(C)(C)C(=O)O)cc2)nn(Cc2ccccc2)c1=O. The molecule has 0 atom stereocenters. The van der Waals surface area contributed by atoms with E-state index in [2.05, 4.69) is 5.10 Å². The van der Waals surface area contributed by atoms with Gasteiger partial charge in [-0.3, -0.25) is 4.57 Å². The van der Waals surface area contributed by atoms with Crippen LogP contribution in [0.25, 0.3) is 0 Å². The standard InChI is InChI=1S/C23H27N3O4/c1-23(2,21(27)28)30-19-14-12-17(13-15-19)10-7-11-20-24-26(22(29)25(20)3)16-18-8-5-4-6-9-18/h4-6,8-9,12-15H,7,10-11,16H2,1-3H3,(H,27,28). The first-order valence-corrected chi connectivity index (χ1v) is 9.94. The molecular weight excluding hydrogens is 382 g/mol. The smallest absolute Gasteiger partial charge is 0.347 e. The van der Waals surface area contributed by atoms with Crippen LogP contribution in [0.4, 0.5) is 0 Å². The van der Waals surface area contributed by atoms with Gasteiger partial charge in [-0.05, 0) is 49.9 Å². The highest BCUT2D eigenvalue weighted by atomic mass is 16.5. The second-order valence-electron chi connectivity index (χ2n) is 7.82. The van der Waals surface area contributed by atoms with Gasteiger partial charge in [-0.2, -0.15) is 5.10 Å². The van der Waals surface area contributed by atoms with Gasteiger partial charge in [0.25, 0.3) is 0 Å². The topological polar surface area (TPSA) is 86.3 Å². The number of carboxylic acid groups (broad SMARTS) is 1. The highest BCUT2D eigenvalue weighted by molar-refractivity contribution is 5.76. The van der Waals surface area contributed by atoms with Gasteiger partial charge < -0.3 is 9.84 Å². The summed E-state index contributed by atoms with van der Waals surface area (Å²) in [5.74, 6) is 0.274. The maximum Gasteiger partial charge on any atom is 0.347 e. The fourth-order valence-corrected chi connectivity index (χ4v) is 3.12. The van der Waals surface area contributed by atoms with Crippen molar-refractivity contribution in [3.63, 3.8) is 0 Å². The molecule has 7 nitrogen and oxygen atoms in total. The minimum atomic E-state index is -1.27. The summed E-state index contributed by atoms with van der Waals surface area (Å²) in [7, 11) is 1.75. The van der Waals surface area contributed by atoms with E-state index in [1.165, 1.54) is 18.5 Å². The summed E-state index contributed by atoms with van der Waals surface area (Å²) in [4.78, 5) is 23.6. The monoisotopic (exact) mass is 409 g/mol. The minimum absolute atomic E-state index is 0.114. The normalized spacial score (nSPS) is 11.4. The molecule has 1 aromatic heterocycles. The van der Waals surface area contributed by atoms with E-state index in [-0.39, 0.29) is 5.69 Å². The third kappa shape index (κ3) is 5.17. The number of aliphatic carboxylic acids is 1. The molecule has 0 saturated heterocycles. The molecule has 0 aliphatic rings. The molecule has 0 spiro atoms. The van der Waals surface area contributed by atoms with E-state index in [0.29, 0.717) is 18.7 Å². The molecule has 0 radical (unpaired) electrons. The maximum absolute atomic E-state index is 12.4. The highest BCUT2D eigenvalue weighted by Gasteiger charge is 2.29. The van der Waals surface area contributed by atoms with Crippen LogP contribution in [0.2, 0.25) is 0 Å². The van der Waals surface area contributed by atoms with Gasteiger partial charge in [0.1, 0.15) is 11.6 Å². The largest absolute Gasteiger partial charge is 0.478 e. The van der Waals surface area contributed by atoms with E-state index < -0.39 is 11.6 Å². The van der Waals surface area contributed by atoms with Crippen molar-refractivity contribution >= 4 is 5.97 Å². The van der Waals surface area contributed by atoms with Gasteiger partial charge in [0.2, 0.25) is 0 Å². The third-order valence-electron chi connectivity index (χ3n) is 4.98. The van der Waals surface area contributed by atoms with Gasteiger partial charge >= 0.3 is 11.7 Å². The minimum Gasteiger partial charge on any atom is -0.478 e. The van der Waals surface area contributed by atoms with Crippen LogP contribution in [0.3, 0.4) is 0 Å². The van der Waals surface area contributed by atoms with Crippen molar-refractivity contribution in [2.45, 2.75) is 45.3 Å². The second-order valence-corrected chi connectivity index (χ2v) is 7.82. The number of hydrogen-bond donors (Lipinski definition) is 1. The van der Waals surface area contributed by atoms with E-state index in [1.807, 2.05) is 42.5 Å². The summed E-state index contributed by atoms with van der Waals surface area (Å²) in [5.41, 5.74) is 0.767. The summed E-state index contributed by atoms with van der Waals surface area (Å²) in [6.45, 7) is 3.50. The summed E-state index contributed by atoms with van der Waals surface area (Å²) in [6, 6.07) is 17.2. The molecule has 30 heavy (non-hydrogen) atoms. The Morgan fingerprint density at radius 1 is 1.03 bits per heavy atom. The molecule has 1 heterocycles. The fourth-order valence-electron chi connectivity index (χ4n) is 3.12. The molecule has 0 aliphatic carbocycles. The van der Waals surface area contributed by atoms with Crippen LogP contribution in [-0.4, -0.2) is 31.0 Å². The van der Waals surface area contributed by atoms with E-state index in [1.54, 1.807) is 23.7 Å². The second kappa shape index (κ2) is 8.98. The van der Waals surface area contributed by atoms with Crippen LogP contribution in [0.1, 0.15) is 37.2 Å². The Kier molecular flexibility index (Phi) is 6.40. The number of carboxylic acids is 1. The lowest BCUT2D eigenvalue weighted by molar-refractivity contribution is -0.152. The Hall–Kier alpha value is -3.35. The zero-order valence-electron chi connectivity index (χ0n) is 17.5. The van der Waals surface area contributed by atoms with Crippen molar-refractivity contribution in [3.8, 4) is 5.75 Å². The lowest BCUT2D eigenvalue weighted by Gasteiger charge is -2.21. The number of nitrogens with zero attached hydrogens (tertiary/aromatic N) is 3. The van der Waals surface area contributed by atoms with Crippen molar-refractivity contribution in [2.24, 2.45) is 7.05 Å². The average Bonchev–Trinajstić information content (AvgIpc) is 2.98. The maximum atomic E-state index is 12.4. The number of aromatic nitrogens is 3. The Balaban J connectivity index is 1.57. The number of rotatable bonds is 9. The molecule has 2 aromatic carbocycles. The Bertz CT molecular complexity index is 1050. The van der Waals surface area contributed by atoms with Crippen molar-refractivity contribution in [2.75, 3.05) is 0 Å². The zero-order chi connectivity index (χ0) is 21.7. The Morgan fingerprint density at radius 2 is 1.70 bits per heavy atom. The average molecular weight is 409 g/mol. The molecule has 0 bridgehead atoms. The molecule has 1 N–H and O–H groups in total. The highest BCUT2D eigenvalue weighted by Crippen LogP contribution is 2.20. The number of benzene rings is 2. The molecular formula is C23H27N3O4. The van der Waals surface area contributed by atoms with Crippen LogP contribution in [0.5, 0.6) is 5.75 Å². The van der Waals surface area contributed by atoms with Crippen molar-refractivity contribution in [3.05, 3.63) is 82.0 Å². The van der Waals surface area contributed by atoms with Crippen LogP contribution >= 0.6 is 0 Å². The van der Waals surface area contributed by atoms with Crippen LogP contribution in [-0.2, 0) is 31.2 Å². The lowest BCUT2D eigenvalue weighted by atomic mass is 10.1. The molecule has 3 aromatic rings. The lowest BCUT2D eigenvalue weighted by Crippen LogP contribution is -2.37. The third-order valence-corrected chi connectivity index (χ3v) is 4.98. The summed E-state index contributed by atoms with van der Waals surface area (Å²) >= 11 is 0. The van der Waals surface area contributed by atoms with Crippen LogP contribution < -0.4 is 10.4 Å². The molecule has 0 unspecified atom stereocenters. The molecule has 0 fully saturated rings. The number of ether oxygens (including phenoxy) is 1. The summed E-state index contributed by atoms with van der Waals surface area (Å²) in [5, 5.41) is 13.6. The van der Waals surface area contributed by atoms with E-state index in [0.717, 1.165) is 29.8 Å².